The maximum Gasteiger partial charge on any atom is 0.263 e. The molecule has 7 nitrogen and oxygen atoms in total. The lowest BCUT2D eigenvalue weighted by molar-refractivity contribution is 0.0935. The zero-order valence-corrected chi connectivity index (χ0v) is 16.7. The smallest absolute Gasteiger partial charge is 0.263 e. The van der Waals surface area contributed by atoms with Gasteiger partial charge >= 0.3 is 0 Å². The lowest BCUT2D eigenvalue weighted by atomic mass is 10.1. The first-order valence-corrected chi connectivity index (χ1v) is 9.38. The van der Waals surface area contributed by atoms with E-state index >= 15 is 0 Å². The maximum absolute atomic E-state index is 12.9. The van der Waals surface area contributed by atoms with Crippen LogP contribution in [0.3, 0.4) is 0 Å². The standard InChI is InChI=1S/C21H26N4O3/c1-13-12-14(2)25(10-7-11-28-4)21(27)18(13)20(26)22-15(3)19-23-16-8-5-6-9-17(16)24-19/h5-6,8-9,12,15H,7,10-11H2,1-4H3,(H,22,26)(H,23,24)/t15-/m0/s1. The van der Waals surface area contributed by atoms with Crippen molar-refractivity contribution in [2.75, 3.05) is 13.7 Å². The third-order valence-electron chi connectivity index (χ3n) is 4.83. The highest BCUT2D eigenvalue weighted by Gasteiger charge is 2.21. The fourth-order valence-electron chi connectivity index (χ4n) is 3.36. The van der Waals surface area contributed by atoms with Crippen molar-refractivity contribution in [3.8, 4) is 0 Å². The third kappa shape index (κ3) is 3.99. The number of para-hydroxylation sites is 2. The molecule has 0 aliphatic carbocycles. The molecular formula is C21H26N4O3. The van der Waals surface area contributed by atoms with Crippen molar-refractivity contribution in [3.05, 3.63) is 63.3 Å². The van der Waals surface area contributed by atoms with Crippen LogP contribution in [0, 0.1) is 13.8 Å². The maximum atomic E-state index is 12.9. The van der Waals surface area contributed by atoms with E-state index in [1.54, 1.807) is 18.6 Å². The third-order valence-corrected chi connectivity index (χ3v) is 4.83. The molecular weight excluding hydrogens is 356 g/mol. The number of carbonyl (C=O) groups is 1. The van der Waals surface area contributed by atoms with Crippen molar-refractivity contribution in [3.63, 3.8) is 0 Å². The van der Waals surface area contributed by atoms with Gasteiger partial charge in [0.25, 0.3) is 11.5 Å². The number of fused-ring (bicyclic) bond motifs is 1. The fraction of sp³-hybridized carbons (Fsp3) is 0.381. The molecule has 2 heterocycles. The van der Waals surface area contributed by atoms with Crippen molar-refractivity contribution in [1.29, 1.82) is 0 Å². The Balaban J connectivity index is 1.85. The number of hydrogen-bond acceptors (Lipinski definition) is 4. The van der Waals surface area contributed by atoms with Crippen LogP contribution >= 0.6 is 0 Å². The molecule has 28 heavy (non-hydrogen) atoms. The average molecular weight is 382 g/mol. The molecule has 0 bridgehead atoms. The second-order valence-corrected chi connectivity index (χ2v) is 6.98. The molecule has 0 saturated carbocycles. The molecule has 1 atom stereocenters. The Bertz CT molecular complexity index is 1020. The van der Waals surface area contributed by atoms with E-state index in [0.29, 0.717) is 31.0 Å². The molecule has 0 fully saturated rings. The van der Waals surface area contributed by atoms with Crippen molar-refractivity contribution >= 4 is 16.9 Å². The number of rotatable bonds is 7. The van der Waals surface area contributed by atoms with Gasteiger partial charge in [-0.25, -0.2) is 4.98 Å². The number of aryl methyl sites for hydroxylation is 2. The van der Waals surface area contributed by atoms with Gasteiger partial charge < -0.3 is 19.6 Å². The lowest BCUT2D eigenvalue weighted by Gasteiger charge is -2.16. The summed E-state index contributed by atoms with van der Waals surface area (Å²) in [5, 5.41) is 2.90. The molecule has 3 rings (SSSR count). The zero-order valence-electron chi connectivity index (χ0n) is 16.7. The Labute approximate surface area is 163 Å². The minimum absolute atomic E-state index is 0.172. The van der Waals surface area contributed by atoms with E-state index in [-0.39, 0.29) is 17.2 Å². The Morgan fingerprint density at radius 2 is 2.07 bits per heavy atom. The first kappa shape index (κ1) is 19.8. The van der Waals surface area contributed by atoms with Crippen LogP contribution in [0.15, 0.2) is 35.1 Å². The predicted octanol–water partition coefficient (Wildman–Crippen LogP) is 2.87. The molecule has 3 aromatic rings. The fourth-order valence-corrected chi connectivity index (χ4v) is 3.36. The van der Waals surface area contributed by atoms with E-state index in [9.17, 15) is 9.59 Å². The number of benzene rings is 1. The summed E-state index contributed by atoms with van der Waals surface area (Å²) in [5.74, 6) is 0.260. The van der Waals surface area contributed by atoms with Gasteiger partial charge in [-0.15, -0.1) is 0 Å². The Morgan fingerprint density at radius 3 is 2.79 bits per heavy atom. The van der Waals surface area contributed by atoms with Gasteiger partial charge in [0.2, 0.25) is 0 Å². The monoisotopic (exact) mass is 382 g/mol. The quantitative estimate of drug-likeness (QED) is 0.615. The van der Waals surface area contributed by atoms with Crippen LogP contribution in [-0.2, 0) is 11.3 Å². The van der Waals surface area contributed by atoms with Crippen molar-refractivity contribution in [2.24, 2.45) is 0 Å². The van der Waals surface area contributed by atoms with Gasteiger partial charge in [0, 0.05) is 26.0 Å². The molecule has 7 heteroatoms. The van der Waals surface area contributed by atoms with Crippen LogP contribution in [0.4, 0.5) is 0 Å². The van der Waals surface area contributed by atoms with Crippen molar-refractivity contribution in [2.45, 2.75) is 39.8 Å². The van der Waals surface area contributed by atoms with E-state index in [2.05, 4.69) is 15.3 Å². The number of H-pyrrole nitrogens is 1. The van der Waals surface area contributed by atoms with Crippen molar-refractivity contribution < 1.29 is 9.53 Å². The molecule has 0 radical (unpaired) electrons. The van der Waals surface area contributed by atoms with Crippen LogP contribution < -0.4 is 10.9 Å². The summed E-state index contributed by atoms with van der Waals surface area (Å²) < 4.78 is 6.70. The molecule has 0 saturated heterocycles. The minimum atomic E-state index is -0.393. The van der Waals surface area contributed by atoms with E-state index in [0.717, 1.165) is 16.7 Å². The van der Waals surface area contributed by atoms with Crippen LogP contribution in [0.5, 0.6) is 0 Å². The molecule has 0 spiro atoms. The number of methoxy groups -OCH3 is 1. The van der Waals surface area contributed by atoms with Gasteiger partial charge in [-0.05, 0) is 51.0 Å². The summed E-state index contributed by atoms with van der Waals surface area (Å²) >= 11 is 0. The van der Waals surface area contributed by atoms with Gasteiger partial charge in [0.15, 0.2) is 0 Å². The van der Waals surface area contributed by atoms with E-state index in [4.69, 9.17) is 4.74 Å². The van der Waals surface area contributed by atoms with E-state index in [1.165, 1.54) is 0 Å². The van der Waals surface area contributed by atoms with Crippen LogP contribution in [0.1, 0.15) is 46.8 Å². The topological polar surface area (TPSA) is 89.0 Å². The highest BCUT2D eigenvalue weighted by atomic mass is 16.5. The Hall–Kier alpha value is -2.93. The number of imidazole rings is 1. The number of hydrogen-bond donors (Lipinski definition) is 2. The molecule has 2 aromatic heterocycles. The molecule has 148 valence electrons. The van der Waals surface area contributed by atoms with E-state index < -0.39 is 5.91 Å². The first-order valence-electron chi connectivity index (χ1n) is 9.38. The second kappa shape index (κ2) is 8.39. The SMILES string of the molecule is COCCCn1c(C)cc(C)c(C(=O)N[C@@H](C)c2nc3ccccc3[nH]2)c1=O. The summed E-state index contributed by atoms with van der Waals surface area (Å²) in [6.07, 6.45) is 0.705. The summed E-state index contributed by atoms with van der Waals surface area (Å²) in [5.41, 5.74) is 3.14. The number of ether oxygens (including phenoxy) is 1. The molecule has 2 N–H and O–H groups in total. The molecule has 1 aromatic carbocycles. The lowest BCUT2D eigenvalue weighted by Crippen LogP contribution is -2.36. The number of amides is 1. The Morgan fingerprint density at radius 1 is 1.32 bits per heavy atom. The van der Waals surface area contributed by atoms with Gasteiger partial charge in [-0.2, -0.15) is 0 Å². The summed E-state index contributed by atoms with van der Waals surface area (Å²) in [4.78, 5) is 33.6. The summed E-state index contributed by atoms with van der Waals surface area (Å²) in [7, 11) is 1.63. The van der Waals surface area contributed by atoms with Gasteiger partial charge in [-0.1, -0.05) is 12.1 Å². The van der Waals surface area contributed by atoms with Gasteiger partial charge in [-0.3, -0.25) is 9.59 Å². The van der Waals surface area contributed by atoms with Crippen LogP contribution in [0.25, 0.3) is 11.0 Å². The number of nitrogens with zero attached hydrogens (tertiary/aromatic N) is 2. The predicted molar refractivity (Wildman–Crippen MR) is 109 cm³/mol. The number of aromatic amines is 1. The molecule has 0 aliphatic rings. The van der Waals surface area contributed by atoms with Crippen molar-refractivity contribution in [1.82, 2.24) is 19.9 Å². The second-order valence-electron chi connectivity index (χ2n) is 6.98. The highest BCUT2D eigenvalue weighted by molar-refractivity contribution is 5.95. The number of nitrogens with one attached hydrogen (secondary N) is 2. The number of pyridine rings is 1. The highest BCUT2D eigenvalue weighted by Crippen LogP contribution is 2.16. The van der Waals surface area contributed by atoms with Crippen LogP contribution in [0.2, 0.25) is 0 Å². The number of aromatic nitrogens is 3. The van der Waals surface area contributed by atoms with Gasteiger partial charge in [0.05, 0.1) is 17.1 Å². The Kier molecular flexibility index (Phi) is 5.94. The molecule has 0 aliphatic heterocycles. The largest absolute Gasteiger partial charge is 0.385 e. The normalized spacial score (nSPS) is 12.3. The first-order chi connectivity index (χ1) is 13.4. The summed E-state index contributed by atoms with van der Waals surface area (Å²) in [6, 6.07) is 9.19. The minimum Gasteiger partial charge on any atom is -0.385 e. The zero-order chi connectivity index (χ0) is 20.3. The number of carbonyl (C=O) groups excluding carboxylic acids is 1. The van der Waals surface area contributed by atoms with E-state index in [1.807, 2.05) is 44.2 Å². The molecule has 1 amide bonds. The summed E-state index contributed by atoms with van der Waals surface area (Å²) in [6.45, 7) is 6.58. The van der Waals surface area contributed by atoms with Gasteiger partial charge in [0.1, 0.15) is 11.4 Å². The molecule has 0 unspecified atom stereocenters. The average Bonchev–Trinajstić information content (AvgIpc) is 3.08. The van der Waals surface area contributed by atoms with Crippen LogP contribution in [-0.4, -0.2) is 34.2 Å².